The second-order valence-corrected chi connectivity index (χ2v) is 5.83. The van der Waals surface area contributed by atoms with Gasteiger partial charge in [0.05, 0.1) is 11.6 Å². The summed E-state index contributed by atoms with van der Waals surface area (Å²) in [5.74, 6) is -0.950. The Morgan fingerprint density at radius 3 is 2.60 bits per heavy atom. The second-order valence-electron chi connectivity index (χ2n) is 5.83. The monoisotopic (exact) mass is 281 g/mol. The van der Waals surface area contributed by atoms with Crippen molar-refractivity contribution in [3.05, 3.63) is 18.0 Å². The van der Waals surface area contributed by atoms with Crippen molar-refractivity contribution in [3.8, 4) is 0 Å². The van der Waals surface area contributed by atoms with Gasteiger partial charge in [-0.05, 0) is 39.7 Å². The van der Waals surface area contributed by atoms with Gasteiger partial charge in [-0.25, -0.2) is 0 Å². The summed E-state index contributed by atoms with van der Waals surface area (Å²) in [5, 5.41) is 16.7. The Kier molecular flexibility index (Phi) is 6.71. The van der Waals surface area contributed by atoms with Crippen molar-refractivity contribution >= 4 is 5.97 Å². The molecule has 2 N–H and O–H groups in total. The van der Waals surface area contributed by atoms with Gasteiger partial charge in [-0.15, -0.1) is 0 Å². The number of aromatic nitrogens is 2. The fraction of sp³-hybridized carbons (Fsp3) is 0.733. The topological polar surface area (TPSA) is 67.2 Å². The highest BCUT2D eigenvalue weighted by molar-refractivity contribution is 5.69. The minimum Gasteiger partial charge on any atom is -0.481 e. The molecule has 1 rings (SSSR count). The minimum atomic E-state index is -0.704. The van der Waals surface area contributed by atoms with Crippen LogP contribution in [0.25, 0.3) is 0 Å². The van der Waals surface area contributed by atoms with Crippen LogP contribution in [0.5, 0.6) is 0 Å². The third-order valence-electron chi connectivity index (χ3n) is 3.52. The largest absolute Gasteiger partial charge is 0.481 e. The number of aliphatic carboxylic acids is 1. The fourth-order valence-electron chi connectivity index (χ4n) is 1.99. The lowest BCUT2D eigenvalue weighted by Gasteiger charge is -2.13. The summed E-state index contributed by atoms with van der Waals surface area (Å²) in [7, 11) is 0. The predicted molar refractivity (Wildman–Crippen MR) is 79.6 cm³/mol. The molecule has 0 aliphatic carbocycles. The summed E-state index contributed by atoms with van der Waals surface area (Å²) in [6.07, 6.45) is 4.66. The lowest BCUT2D eigenvalue weighted by Crippen LogP contribution is -2.26. The Labute approximate surface area is 121 Å². The Balaban J connectivity index is 2.22. The van der Waals surface area contributed by atoms with Crippen molar-refractivity contribution in [3.63, 3.8) is 0 Å². The number of hydrogen-bond acceptors (Lipinski definition) is 3. The van der Waals surface area contributed by atoms with E-state index in [0.717, 1.165) is 31.5 Å². The van der Waals surface area contributed by atoms with E-state index < -0.39 is 5.97 Å². The van der Waals surface area contributed by atoms with Gasteiger partial charge in [0.2, 0.25) is 0 Å². The van der Waals surface area contributed by atoms with Gasteiger partial charge in [-0.1, -0.05) is 13.3 Å². The van der Waals surface area contributed by atoms with Gasteiger partial charge in [0.15, 0.2) is 0 Å². The van der Waals surface area contributed by atoms with E-state index in [1.54, 1.807) is 6.92 Å². The van der Waals surface area contributed by atoms with Gasteiger partial charge in [0.1, 0.15) is 0 Å². The number of carboxylic acids is 1. The van der Waals surface area contributed by atoms with Gasteiger partial charge in [-0.3, -0.25) is 9.48 Å². The Morgan fingerprint density at radius 1 is 1.35 bits per heavy atom. The molecule has 1 aromatic heterocycles. The molecule has 1 aromatic rings. The smallest absolute Gasteiger partial charge is 0.306 e. The van der Waals surface area contributed by atoms with E-state index in [4.69, 9.17) is 5.11 Å². The van der Waals surface area contributed by atoms with Crippen LogP contribution < -0.4 is 5.32 Å². The molecular weight excluding hydrogens is 254 g/mol. The van der Waals surface area contributed by atoms with Crippen molar-refractivity contribution in [1.29, 1.82) is 0 Å². The quantitative estimate of drug-likeness (QED) is 0.730. The summed E-state index contributed by atoms with van der Waals surface area (Å²) in [4.78, 5) is 10.7. The van der Waals surface area contributed by atoms with Crippen molar-refractivity contribution < 1.29 is 9.90 Å². The first-order chi connectivity index (χ1) is 9.40. The number of carboxylic acid groups (broad SMARTS) is 1. The molecular formula is C15H27N3O2. The maximum absolute atomic E-state index is 10.7. The number of carbonyl (C=O) groups is 1. The summed E-state index contributed by atoms with van der Waals surface area (Å²) in [6, 6.07) is 2.80. The molecule has 0 saturated carbocycles. The highest BCUT2D eigenvalue weighted by Crippen LogP contribution is 2.10. The summed E-state index contributed by atoms with van der Waals surface area (Å²) in [6.45, 7) is 8.87. The first kappa shape index (κ1) is 16.7. The maximum Gasteiger partial charge on any atom is 0.306 e. The normalized spacial score (nSPS) is 14.4. The standard InChI is InChI=1S/C15H27N3O2/c1-11(2)18-9-8-14(17-18)10-16-13(4)7-5-6-12(3)15(19)20/h8-9,11-13,16H,5-7,10H2,1-4H3,(H,19,20). The van der Waals surface area contributed by atoms with Crippen LogP contribution in [0, 0.1) is 5.92 Å². The van der Waals surface area contributed by atoms with Crippen LogP contribution in [-0.2, 0) is 11.3 Å². The molecule has 0 amide bonds. The highest BCUT2D eigenvalue weighted by Gasteiger charge is 2.11. The third kappa shape index (κ3) is 5.74. The Bertz CT molecular complexity index is 415. The van der Waals surface area contributed by atoms with Gasteiger partial charge >= 0.3 is 5.97 Å². The molecule has 0 spiro atoms. The predicted octanol–water partition coefficient (Wildman–Crippen LogP) is 2.83. The Morgan fingerprint density at radius 2 is 2.05 bits per heavy atom. The van der Waals surface area contributed by atoms with E-state index in [-0.39, 0.29) is 5.92 Å². The molecule has 20 heavy (non-hydrogen) atoms. The SMILES string of the molecule is CC(CCCC(C)C(=O)O)NCc1ccn(C(C)C)n1. The summed E-state index contributed by atoms with van der Waals surface area (Å²) < 4.78 is 1.95. The van der Waals surface area contributed by atoms with Crippen LogP contribution in [0.1, 0.15) is 58.7 Å². The van der Waals surface area contributed by atoms with Crippen molar-refractivity contribution in [2.75, 3.05) is 0 Å². The van der Waals surface area contributed by atoms with Crippen molar-refractivity contribution in [2.45, 2.75) is 65.6 Å². The van der Waals surface area contributed by atoms with Crippen molar-refractivity contribution in [1.82, 2.24) is 15.1 Å². The number of nitrogens with one attached hydrogen (secondary N) is 1. The molecule has 0 aromatic carbocycles. The van der Waals surface area contributed by atoms with Crippen LogP contribution in [0.15, 0.2) is 12.3 Å². The molecule has 0 aliphatic heterocycles. The molecule has 5 heteroatoms. The molecule has 5 nitrogen and oxygen atoms in total. The summed E-state index contributed by atoms with van der Waals surface area (Å²) >= 11 is 0. The van der Waals surface area contributed by atoms with Crippen LogP contribution in [0.4, 0.5) is 0 Å². The molecule has 0 radical (unpaired) electrons. The summed E-state index contributed by atoms with van der Waals surface area (Å²) in [5.41, 5.74) is 1.05. The zero-order chi connectivity index (χ0) is 15.1. The number of hydrogen-bond donors (Lipinski definition) is 2. The van der Waals surface area contributed by atoms with E-state index >= 15 is 0 Å². The van der Waals surface area contributed by atoms with E-state index in [1.165, 1.54) is 0 Å². The van der Waals surface area contributed by atoms with Crippen LogP contribution in [-0.4, -0.2) is 26.9 Å². The fourth-order valence-corrected chi connectivity index (χ4v) is 1.99. The zero-order valence-corrected chi connectivity index (χ0v) is 13.0. The Hall–Kier alpha value is -1.36. The molecule has 2 atom stereocenters. The molecule has 1 heterocycles. The van der Waals surface area contributed by atoms with E-state index in [1.807, 2.05) is 16.9 Å². The van der Waals surface area contributed by atoms with E-state index in [2.05, 4.69) is 31.2 Å². The molecule has 2 unspecified atom stereocenters. The molecule has 0 aliphatic rings. The van der Waals surface area contributed by atoms with Crippen LogP contribution in [0.3, 0.4) is 0 Å². The van der Waals surface area contributed by atoms with Gasteiger partial charge in [0, 0.05) is 24.8 Å². The molecule has 0 fully saturated rings. The van der Waals surface area contributed by atoms with Gasteiger partial charge in [-0.2, -0.15) is 5.10 Å². The zero-order valence-electron chi connectivity index (χ0n) is 13.0. The first-order valence-electron chi connectivity index (χ1n) is 7.40. The molecule has 114 valence electrons. The maximum atomic E-state index is 10.7. The van der Waals surface area contributed by atoms with Crippen molar-refractivity contribution in [2.24, 2.45) is 5.92 Å². The van der Waals surface area contributed by atoms with Crippen LogP contribution in [0.2, 0.25) is 0 Å². The lowest BCUT2D eigenvalue weighted by atomic mass is 10.0. The minimum absolute atomic E-state index is 0.246. The molecule has 0 saturated heterocycles. The highest BCUT2D eigenvalue weighted by atomic mass is 16.4. The number of rotatable bonds is 9. The van der Waals surface area contributed by atoms with E-state index in [0.29, 0.717) is 12.1 Å². The first-order valence-corrected chi connectivity index (χ1v) is 7.40. The van der Waals surface area contributed by atoms with Gasteiger partial charge < -0.3 is 10.4 Å². The average molecular weight is 281 g/mol. The lowest BCUT2D eigenvalue weighted by molar-refractivity contribution is -0.141. The average Bonchev–Trinajstić information content (AvgIpc) is 2.85. The molecule has 0 bridgehead atoms. The van der Waals surface area contributed by atoms with Crippen LogP contribution >= 0.6 is 0 Å². The van der Waals surface area contributed by atoms with Gasteiger partial charge in [0.25, 0.3) is 0 Å². The van der Waals surface area contributed by atoms with E-state index in [9.17, 15) is 4.79 Å². The number of nitrogens with zero attached hydrogens (tertiary/aromatic N) is 2. The second kappa shape index (κ2) is 8.04. The third-order valence-corrected chi connectivity index (χ3v) is 3.52.